The largest absolute Gasteiger partial charge is 0.411 e. The Morgan fingerprint density at radius 1 is 1.56 bits per heavy atom. The second kappa shape index (κ2) is 2.64. The van der Waals surface area contributed by atoms with Crippen LogP contribution in [0.2, 0.25) is 0 Å². The fourth-order valence-corrected chi connectivity index (χ4v) is 0.152. The van der Waals surface area contributed by atoms with Crippen LogP contribution in [-0.2, 0) is 4.79 Å². The van der Waals surface area contributed by atoms with Crippen molar-refractivity contribution in [1.82, 2.24) is 0 Å². The molecule has 0 aromatic heterocycles. The Bertz CT molecular complexity index is 135. The number of carbonyl (C=O) groups excluding carboxylic acids is 1. The summed E-state index contributed by atoms with van der Waals surface area (Å²) < 4.78 is 34.1. The predicted octanol–water partition coefficient (Wildman–Crippen LogP) is 1.27. The highest BCUT2D eigenvalue weighted by Crippen LogP contribution is 2.21. The first-order valence-electron chi connectivity index (χ1n) is 2.12. The predicted molar refractivity (Wildman–Crippen MR) is 23.6 cm³/mol. The molecule has 0 bridgehead atoms. The summed E-state index contributed by atoms with van der Waals surface area (Å²) in [5, 5.41) is 0. The van der Waals surface area contributed by atoms with Crippen LogP contribution < -0.4 is 0 Å². The van der Waals surface area contributed by atoms with Gasteiger partial charge in [0.2, 0.25) is 6.08 Å². The zero-order chi connectivity index (χ0) is 7.49. The van der Waals surface area contributed by atoms with Crippen molar-refractivity contribution in [3.63, 3.8) is 0 Å². The summed E-state index contributed by atoms with van der Waals surface area (Å²) in [5.41, 5.74) is 0. The standard InChI is InChI=1S/C4H4F3NO/c1-3(8-2-9)4(5,6)7/h3H,1H3. The van der Waals surface area contributed by atoms with Gasteiger partial charge in [-0.15, -0.1) is 0 Å². The van der Waals surface area contributed by atoms with E-state index in [2.05, 4.69) is 4.99 Å². The van der Waals surface area contributed by atoms with Crippen LogP contribution in [0, 0.1) is 0 Å². The van der Waals surface area contributed by atoms with Gasteiger partial charge >= 0.3 is 6.18 Å². The molecule has 0 aromatic rings. The van der Waals surface area contributed by atoms with Crippen LogP contribution in [0.1, 0.15) is 6.92 Å². The molecule has 2 nitrogen and oxygen atoms in total. The first-order valence-corrected chi connectivity index (χ1v) is 2.12. The molecule has 0 aliphatic heterocycles. The number of alkyl halides is 3. The quantitative estimate of drug-likeness (QED) is 0.397. The van der Waals surface area contributed by atoms with Crippen LogP contribution in [0.25, 0.3) is 0 Å². The summed E-state index contributed by atoms with van der Waals surface area (Å²) in [7, 11) is 0. The molecular formula is C4H4F3NO. The third-order valence-electron chi connectivity index (χ3n) is 0.720. The molecule has 0 aromatic carbocycles. The molecule has 0 saturated carbocycles. The average molecular weight is 139 g/mol. The molecule has 0 spiro atoms. The lowest BCUT2D eigenvalue weighted by molar-refractivity contribution is -0.142. The summed E-state index contributed by atoms with van der Waals surface area (Å²) in [4.78, 5) is 11.7. The van der Waals surface area contributed by atoms with Crippen LogP contribution in [0.5, 0.6) is 0 Å². The van der Waals surface area contributed by atoms with Gasteiger partial charge < -0.3 is 0 Å². The van der Waals surface area contributed by atoms with Gasteiger partial charge in [0.05, 0.1) is 0 Å². The minimum atomic E-state index is -4.42. The smallest absolute Gasteiger partial charge is 0.211 e. The molecular weight excluding hydrogens is 135 g/mol. The van der Waals surface area contributed by atoms with Crippen LogP contribution in [0.3, 0.4) is 0 Å². The summed E-state index contributed by atoms with van der Waals surface area (Å²) >= 11 is 0. The van der Waals surface area contributed by atoms with Gasteiger partial charge in [-0.25, -0.2) is 4.79 Å². The normalized spacial score (nSPS) is 14.2. The molecule has 0 rings (SSSR count). The molecule has 0 N–H and O–H groups in total. The van der Waals surface area contributed by atoms with Gasteiger partial charge in [0.1, 0.15) is 0 Å². The van der Waals surface area contributed by atoms with Crippen molar-refractivity contribution in [2.45, 2.75) is 19.1 Å². The van der Waals surface area contributed by atoms with E-state index in [1.165, 1.54) is 0 Å². The Morgan fingerprint density at radius 3 is 2.11 bits per heavy atom. The third kappa shape index (κ3) is 2.87. The summed E-state index contributed by atoms with van der Waals surface area (Å²) in [6.45, 7) is 0.783. The summed E-state index contributed by atoms with van der Waals surface area (Å²) in [6.07, 6.45) is -3.59. The van der Waals surface area contributed by atoms with Gasteiger partial charge in [0.25, 0.3) is 0 Å². The Morgan fingerprint density at radius 2 is 2.00 bits per heavy atom. The van der Waals surface area contributed by atoms with Crippen molar-refractivity contribution in [3.8, 4) is 0 Å². The number of rotatable bonds is 1. The van der Waals surface area contributed by atoms with E-state index in [1.807, 2.05) is 0 Å². The molecule has 5 heteroatoms. The lowest BCUT2D eigenvalue weighted by atomic mass is 10.4. The lowest BCUT2D eigenvalue weighted by Gasteiger charge is -2.07. The van der Waals surface area contributed by atoms with Gasteiger partial charge in [-0.05, 0) is 6.92 Å². The minimum Gasteiger partial charge on any atom is -0.211 e. The fraction of sp³-hybridized carbons (Fsp3) is 0.750. The van der Waals surface area contributed by atoms with Crippen LogP contribution in [0.15, 0.2) is 4.99 Å². The Hall–Kier alpha value is -0.830. The Balaban J connectivity index is 4.03. The van der Waals surface area contributed by atoms with E-state index in [0.717, 1.165) is 13.0 Å². The molecule has 0 heterocycles. The van der Waals surface area contributed by atoms with E-state index < -0.39 is 12.2 Å². The maximum Gasteiger partial charge on any atom is 0.411 e. The van der Waals surface area contributed by atoms with Crippen LogP contribution >= 0.6 is 0 Å². The number of nitrogens with zero attached hydrogens (tertiary/aromatic N) is 1. The highest BCUT2D eigenvalue weighted by atomic mass is 19.4. The zero-order valence-corrected chi connectivity index (χ0v) is 4.57. The third-order valence-corrected chi connectivity index (χ3v) is 0.720. The molecule has 0 aliphatic rings. The van der Waals surface area contributed by atoms with Crippen LogP contribution in [-0.4, -0.2) is 18.3 Å². The molecule has 1 atom stereocenters. The number of aliphatic imine (C=N–C) groups is 1. The fourth-order valence-electron chi connectivity index (χ4n) is 0.152. The first kappa shape index (κ1) is 8.17. The van der Waals surface area contributed by atoms with Crippen molar-refractivity contribution in [2.75, 3.05) is 0 Å². The van der Waals surface area contributed by atoms with E-state index in [0.29, 0.717) is 0 Å². The van der Waals surface area contributed by atoms with Gasteiger partial charge in [-0.1, -0.05) is 0 Å². The number of hydrogen-bond donors (Lipinski definition) is 0. The molecule has 0 aliphatic carbocycles. The van der Waals surface area contributed by atoms with Crippen molar-refractivity contribution in [2.24, 2.45) is 4.99 Å². The number of isocyanates is 1. The molecule has 1 unspecified atom stereocenters. The minimum absolute atomic E-state index is 0.783. The van der Waals surface area contributed by atoms with E-state index in [-0.39, 0.29) is 0 Å². The van der Waals surface area contributed by atoms with Crippen molar-refractivity contribution in [3.05, 3.63) is 0 Å². The van der Waals surface area contributed by atoms with Crippen molar-refractivity contribution in [1.29, 1.82) is 0 Å². The molecule has 0 fully saturated rings. The maximum absolute atomic E-state index is 11.4. The summed E-state index contributed by atoms with van der Waals surface area (Å²) in [6, 6.07) is -1.94. The van der Waals surface area contributed by atoms with Crippen molar-refractivity contribution < 1.29 is 18.0 Å². The van der Waals surface area contributed by atoms with Crippen molar-refractivity contribution >= 4 is 6.08 Å². The first-order chi connectivity index (χ1) is 3.98. The topological polar surface area (TPSA) is 29.4 Å². The van der Waals surface area contributed by atoms with E-state index in [4.69, 9.17) is 0 Å². The molecule has 52 valence electrons. The second-order valence-electron chi connectivity index (χ2n) is 1.44. The van der Waals surface area contributed by atoms with Crippen LogP contribution in [0.4, 0.5) is 13.2 Å². The average Bonchev–Trinajstić information content (AvgIpc) is 1.64. The van der Waals surface area contributed by atoms with E-state index in [1.54, 1.807) is 0 Å². The molecule has 0 amide bonds. The Labute approximate surface area is 49.4 Å². The molecule has 0 saturated heterocycles. The lowest BCUT2D eigenvalue weighted by Crippen LogP contribution is -2.22. The van der Waals surface area contributed by atoms with Gasteiger partial charge in [0.15, 0.2) is 6.04 Å². The summed E-state index contributed by atoms with van der Waals surface area (Å²) in [5.74, 6) is 0. The van der Waals surface area contributed by atoms with E-state index in [9.17, 15) is 18.0 Å². The Kier molecular flexibility index (Phi) is 2.40. The highest BCUT2D eigenvalue weighted by Gasteiger charge is 2.35. The molecule has 0 radical (unpaired) electrons. The molecule has 9 heavy (non-hydrogen) atoms. The van der Waals surface area contributed by atoms with E-state index >= 15 is 0 Å². The number of halogens is 3. The highest BCUT2D eigenvalue weighted by molar-refractivity contribution is 5.33. The van der Waals surface area contributed by atoms with Gasteiger partial charge in [-0.3, -0.25) is 0 Å². The maximum atomic E-state index is 11.4. The van der Waals surface area contributed by atoms with Gasteiger partial charge in [-0.2, -0.15) is 18.2 Å². The SMILES string of the molecule is CC(N=C=O)C(F)(F)F. The van der Waals surface area contributed by atoms with Gasteiger partial charge in [0, 0.05) is 0 Å². The number of hydrogen-bond acceptors (Lipinski definition) is 2. The second-order valence-corrected chi connectivity index (χ2v) is 1.44. The monoisotopic (exact) mass is 139 g/mol. The zero-order valence-electron chi connectivity index (χ0n) is 4.57.